The Bertz CT molecular complexity index is 730. The van der Waals surface area contributed by atoms with Crippen molar-refractivity contribution in [3.8, 4) is 0 Å². The van der Waals surface area contributed by atoms with E-state index in [9.17, 15) is 9.59 Å². The van der Waals surface area contributed by atoms with Crippen molar-refractivity contribution in [3.05, 3.63) is 45.2 Å². The van der Waals surface area contributed by atoms with E-state index in [0.717, 1.165) is 42.5 Å². The second-order valence-corrected chi connectivity index (χ2v) is 5.10. The van der Waals surface area contributed by atoms with Gasteiger partial charge in [0.25, 0.3) is 0 Å². The molecule has 20 heavy (non-hydrogen) atoms. The van der Waals surface area contributed by atoms with E-state index in [-0.39, 0.29) is 11.4 Å². The number of aromatic amines is 1. The summed E-state index contributed by atoms with van der Waals surface area (Å²) in [5, 5.41) is 0.580. The molecule has 0 radical (unpaired) electrons. The van der Waals surface area contributed by atoms with Crippen LogP contribution in [0.3, 0.4) is 0 Å². The summed E-state index contributed by atoms with van der Waals surface area (Å²) in [6.45, 7) is 2.10. The summed E-state index contributed by atoms with van der Waals surface area (Å²) in [6, 6.07) is 5.13. The number of fused-ring (bicyclic) bond motifs is 2. The Morgan fingerprint density at radius 1 is 1.30 bits per heavy atom. The fourth-order valence-corrected chi connectivity index (χ4v) is 2.80. The highest BCUT2D eigenvalue weighted by molar-refractivity contribution is 5.94. The quantitative estimate of drug-likeness (QED) is 0.854. The van der Waals surface area contributed by atoms with Crippen LogP contribution in [0.5, 0.6) is 0 Å². The van der Waals surface area contributed by atoms with E-state index in [0.29, 0.717) is 17.6 Å². The van der Waals surface area contributed by atoms with Crippen LogP contribution in [-0.4, -0.2) is 17.6 Å². The van der Waals surface area contributed by atoms with E-state index in [1.54, 1.807) is 25.1 Å². The molecule has 1 N–H and O–H groups in total. The molecule has 1 aliphatic rings. The van der Waals surface area contributed by atoms with Crippen LogP contribution in [0.25, 0.3) is 10.9 Å². The van der Waals surface area contributed by atoms with Gasteiger partial charge in [-0.15, -0.1) is 0 Å². The lowest BCUT2D eigenvalue weighted by Gasteiger charge is -2.16. The van der Waals surface area contributed by atoms with Gasteiger partial charge in [0.05, 0.1) is 12.2 Å². The molecule has 0 atom stereocenters. The number of H-pyrrole nitrogens is 1. The molecule has 0 saturated carbocycles. The Morgan fingerprint density at radius 3 is 2.90 bits per heavy atom. The van der Waals surface area contributed by atoms with Crippen LogP contribution in [0, 0.1) is 0 Å². The van der Waals surface area contributed by atoms with Gasteiger partial charge in [-0.1, -0.05) is 0 Å². The Hall–Kier alpha value is -2.10. The van der Waals surface area contributed by atoms with E-state index in [1.165, 1.54) is 0 Å². The molecule has 2 aromatic rings. The first kappa shape index (κ1) is 12.9. The first-order chi connectivity index (χ1) is 9.70. The second kappa shape index (κ2) is 5.12. The maximum absolute atomic E-state index is 12.5. The van der Waals surface area contributed by atoms with Gasteiger partial charge in [0.15, 0.2) is 5.43 Å². The van der Waals surface area contributed by atoms with Crippen molar-refractivity contribution in [1.29, 1.82) is 0 Å². The van der Waals surface area contributed by atoms with E-state index in [2.05, 4.69) is 4.98 Å². The predicted octanol–water partition coefficient (Wildman–Crippen LogP) is 2.58. The number of pyridine rings is 1. The number of aryl methyl sites for hydroxylation is 1. The SMILES string of the molecule is CCOC(=O)c1ccc2[nH]c3c(c(=O)c2c1)CCCC3. The highest BCUT2D eigenvalue weighted by atomic mass is 16.5. The average molecular weight is 271 g/mol. The third-order valence-electron chi connectivity index (χ3n) is 3.80. The number of carbonyl (C=O) groups excluding carboxylic acids is 1. The van der Waals surface area contributed by atoms with Crippen molar-refractivity contribution >= 4 is 16.9 Å². The Balaban J connectivity index is 2.16. The minimum absolute atomic E-state index is 0.0552. The van der Waals surface area contributed by atoms with Crippen LogP contribution in [0.15, 0.2) is 23.0 Å². The van der Waals surface area contributed by atoms with Gasteiger partial charge in [0.2, 0.25) is 0 Å². The van der Waals surface area contributed by atoms with Crippen LogP contribution in [0.4, 0.5) is 0 Å². The lowest BCUT2D eigenvalue weighted by molar-refractivity contribution is 0.0526. The van der Waals surface area contributed by atoms with Crippen molar-refractivity contribution in [2.45, 2.75) is 32.6 Å². The van der Waals surface area contributed by atoms with Crippen molar-refractivity contribution in [3.63, 3.8) is 0 Å². The van der Waals surface area contributed by atoms with Crippen LogP contribution < -0.4 is 5.43 Å². The van der Waals surface area contributed by atoms with Gasteiger partial charge in [-0.3, -0.25) is 4.79 Å². The van der Waals surface area contributed by atoms with E-state index >= 15 is 0 Å². The molecule has 0 fully saturated rings. The molecule has 1 aromatic heterocycles. The molecule has 1 aromatic carbocycles. The highest BCUT2D eigenvalue weighted by Gasteiger charge is 2.16. The Kier molecular flexibility index (Phi) is 3.30. The minimum Gasteiger partial charge on any atom is -0.462 e. The van der Waals surface area contributed by atoms with Gasteiger partial charge in [0.1, 0.15) is 0 Å². The molecule has 4 heteroatoms. The van der Waals surface area contributed by atoms with Crippen LogP contribution in [-0.2, 0) is 17.6 Å². The highest BCUT2D eigenvalue weighted by Crippen LogP contribution is 2.20. The number of hydrogen-bond acceptors (Lipinski definition) is 3. The standard InChI is InChI=1S/C16H17NO3/c1-2-20-16(19)10-7-8-14-12(9-10)15(18)11-5-3-4-6-13(11)17-14/h7-9H,2-6H2,1H3,(H,17,18). The first-order valence-electron chi connectivity index (χ1n) is 7.05. The molecule has 104 valence electrons. The summed E-state index contributed by atoms with van der Waals surface area (Å²) in [5.41, 5.74) is 3.21. The third kappa shape index (κ3) is 2.11. The fraction of sp³-hybridized carbons (Fsp3) is 0.375. The zero-order valence-electron chi connectivity index (χ0n) is 11.5. The van der Waals surface area contributed by atoms with Gasteiger partial charge in [-0.05, 0) is 50.8 Å². The first-order valence-corrected chi connectivity index (χ1v) is 7.05. The minimum atomic E-state index is -0.383. The second-order valence-electron chi connectivity index (χ2n) is 5.10. The van der Waals surface area contributed by atoms with E-state index < -0.39 is 0 Å². The molecular weight excluding hydrogens is 254 g/mol. The van der Waals surface area contributed by atoms with Crippen molar-refractivity contribution in [2.24, 2.45) is 0 Å². The molecular formula is C16H17NO3. The molecule has 0 unspecified atom stereocenters. The zero-order chi connectivity index (χ0) is 14.1. The molecule has 0 bridgehead atoms. The summed E-state index contributed by atoms with van der Waals surface area (Å²) in [6.07, 6.45) is 3.93. The number of hydrogen-bond donors (Lipinski definition) is 1. The third-order valence-corrected chi connectivity index (χ3v) is 3.80. The smallest absolute Gasteiger partial charge is 0.338 e. The number of nitrogens with one attached hydrogen (secondary N) is 1. The lowest BCUT2D eigenvalue weighted by atomic mass is 9.94. The molecule has 0 saturated heterocycles. The van der Waals surface area contributed by atoms with Gasteiger partial charge in [-0.2, -0.15) is 0 Å². The Morgan fingerprint density at radius 2 is 2.10 bits per heavy atom. The van der Waals surface area contributed by atoms with E-state index in [4.69, 9.17) is 4.74 Å². The number of aromatic nitrogens is 1. The number of benzene rings is 1. The summed E-state index contributed by atoms with van der Waals surface area (Å²) in [4.78, 5) is 27.6. The number of carbonyl (C=O) groups is 1. The summed E-state index contributed by atoms with van der Waals surface area (Å²) >= 11 is 0. The largest absolute Gasteiger partial charge is 0.462 e. The maximum atomic E-state index is 12.5. The number of ether oxygens (including phenoxy) is 1. The summed E-state index contributed by atoms with van der Waals surface area (Å²) < 4.78 is 4.98. The van der Waals surface area contributed by atoms with Gasteiger partial charge < -0.3 is 9.72 Å². The molecule has 3 rings (SSSR count). The van der Waals surface area contributed by atoms with Crippen molar-refractivity contribution < 1.29 is 9.53 Å². The van der Waals surface area contributed by atoms with Crippen LogP contribution in [0.1, 0.15) is 41.4 Å². The Labute approximate surface area is 116 Å². The van der Waals surface area contributed by atoms with Crippen molar-refractivity contribution in [2.75, 3.05) is 6.61 Å². The zero-order valence-corrected chi connectivity index (χ0v) is 11.5. The van der Waals surface area contributed by atoms with E-state index in [1.807, 2.05) is 0 Å². The van der Waals surface area contributed by atoms with Gasteiger partial charge in [-0.25, -0.2) is 4.79 Å². The molecule has 1 aliphatic carbocycles. The monoisotopic (exact) mass is 271 g/mol. The van der Waals surface area contributed by atoms with Gasteiger partial charge >= 0.3 is 5.97 Å². The topological polar surface area (TPSA) is 59.2 Å². The molecule has 1 heterocycles. The summed E-state index contributed by atoms with van der Waals surface area (Å²) in [5.74, 6) is -0.383. The predicted molar refractivity (Wildman–Crippen MR) is 77.2 cm³/mol. The van der Waals surface area contributed by atoms with Crippen LogP contribution >= 0.6 is 0 Å². The number of rotatable bonds is 2. The lowest BCUT2D eigenvalue weighted by Crippen LogP contribution is -2.18. The number of esters is 1. The fourth-order valence-electron chi connectivity index (χ4n) is 2.80. The van der Waals surface area contributed by atoms with Crippen molar-refractivity contribution in [1.82, 2.24) is 4.98 Å². The summed E-state index contributed by atoms with van der Waals surface area (Å²) in [7, 11) is 0. The molecule has 0 amide bonds. The molecule has 0 spiro atoms. The van der Waals surface area contributed by atoms with Crippen LogP contribution in [0.2, 0.25) is 0 Å². The van der Waals surface area contributed by atoms with Gasteiger partial charge in [0, 0.05) is 22.2 Å². The molecule has 4 nitrogen and oxygen atoms in total. The normalized spacial score (nSPS) is 14.1. The molecule has 0 aliphatic heterocycles. The average Bonchev–Trinajstić information content (AvgIpc) is 2.47. The maximum Gasteiger partial charge on any atom is 0.338 e.